The summed E-state index contributed by atoms with van der Waals surface area (Å²) in [6.45, 7) is 1.58. The molecule has 3 rings (SSSR count). The molecule has 2 amide bonds. The Labute approximate surface area is 171 Å². The van der Waals surface area contributed by atoms with E-state index in [-0.39, 0.29) is 22.4 Å². The van der Waals surface area contributed by atoms with Gasteiger partial charge in [-0.2, -0.15) is 0 Å². The predicted molar refractivity (Wildman–Crippen MR) is 109 cm³/mol. The summed E-state index contributed by atoms with van der Waals surface area (Å²) in [4.78, 5) is 37.7. The number of thioether (sulfide) groups is 1. The minimum atomic E-state index is -1.13. The minimum Gasteiger partial charge on any atom is -0.493 e. The summed E-state index contributed by atoms with van der Waals surface area (Å²) in [5, 5.41) is 8.78. The molecule has 1 atom stereocenters. The monoisotopic (exact) mass is 413 g/mol. The molecule has 1 aliphatic rings. The molecule has 2 aromatic rings. The molecule has 0 spiro atoms. The number of carbonyl (C=O) groups excluding carboxylic acids is 2. The van der Waals surface area contributed by atoms with E-state index in [1.54, 1.807) is 18.2 Å². The highest BCUT2D eigenvalue weighted by Crippen LogP contribution is 2.38. The summed E-state index contributed by atoms with van der Waals surface area (Å²) in [5.41, 5.74) is 1.29. The van der Waals surface area contributed by atoms with Gasteiger partial charge in [-0.3, -0.25) is 14.5 Å². The first-order valence-corrected chi connectivity index (χ1v) is 9.58. The van der Waals surface area contributed by atoms with E-state index in [4.69, 9.17) is 14.6 Å². The fourth-order valence-electron chi connectivity index (χ4n) is 2.70. The van der Waals surface area contributed by atoms with Gasteiger partial charge in [-0.15, -0.1) is 0 Å². The van der Waals surface area contributed by atoms with Crippen molar-refractivity contribution in [2.45, 2.75) is 19.6 Å². The van der Waals surface area contributed by atoms with Crippen LogP contribution in [0, 0.1) is 0 Å². The number of imide groups is 1. The van der Waals surface area contributed by atoms with Crippen molar-refractivity contribution in [1.29, 1.82) is 0 Å². The standard InChI is InChI=1S/C21H19NO6S/c1-13(20(24)25)28-18-15(9-6-10-16(18)27-2)11-17-19(23)22(21(26)29-17)12-14-7-4-3-5-8-14/h3-11,13H,12H2,1-2H3,(H,24,25)/b17-11-/t13-/m0/s1. The average Bonchev–Trinajstić information content (AvgIpc) is 2.97. The molecular weight excluding hydrogens is 394 g/mol. The van der Waals surface area contributed by atoms with Gasteiger partial charge in [0.2, 0.25) is 0 Å². The van der Waals surface area contributed by atoms with Gasteiger partial charge in [-0.25, -0.2) is 4.79 Å². The van der Waals surface area contributed by atoms with Gasteiger partial charge in [-0.1, -0.05) is 42.5 Å². The second-order valence-corrected chi connectivity index (χ2v) is 7.22. The van der Waals surface area contributed by atoms with Gasteiger partial charge in [0, 0.05) is 5.56 Å². The van der Waals surface area contributed by atoms with Gasteiger partial charge in [-0.05, 0) is 36.4 Å². The molecular formula is C21H19NO6S. The van der Waals surface area contributed by atoms with Crippen LogP contribution in [0.5, 0.6) is 11.5 Å². The summed E-state index contributed by atoms with van der Waals surface area (Å²) in [5.74, 6) is -1.02. The van der Waals surface area contributed by atoms with Crippen LogP contribution >= 0.6 is 11.8 Å². The summed E-state index contributed by atoms with van der Waals surface area (Å²) >= 11 is 0.829. The Morgan fingerprint density at radius 2 is 1.90 bits per heavy atom. The number of hydrogen-bond acceptors (Lipinski definition) is 6. The molecule has 0 aliphatic carbocycles. The van der Waals surface area contributed by atoms with E-state index in [9.17, 15) is 14.4 Å². The van der Waals surface area contributed by atoms with Crippen molar-refractivity contribution in [3.63, 3.8) is 0 Å². The fraction of sp³-hybridized carbons (Fsp3) is 0.190. The summed E-state index contributed by atoms with van der Waals surface area (Å²) in [6, 6.07) is 14.2. The Bertz CT molecular complexity index is 972. The molecule has 1 aliphatic heterocycles. The Morgan fingerprint density at radius 1 is 1.17 bits per heavy atom. The van der Waals surface area contributed by atoms with E-state index in [2.05, 4.69) is 0 Å². The van der Waals surface area contributed by atoms with Crippen molar-refractivity contribution >= 4 is 35.0 Å². The number of carbonyl (C=O) groups is 3. The Balaban J connectivity index is 1.91. The number of carboxylic acids is 1. The van der Waals surface area contributed by atoms with Crippen LogP contribution < -0.4 is 9.47 Å². The highest BCUT2D eigenvalue weighted by Gasteiger charge is 2.35. The van der Waals surface area contributed by atoms with Gasteiger partial charge >= 0.3 is 5.97 Å². The molecule has 1 saturated heterocycles. The first-order chi connectivity index (χ1) is 13.9. The highest BCUT2D eigenvalue weighted by molar-refractivity contribution is 8.18. The third-order valence-electron chi connectivity index (χ3n) is 4.22. The quantitative estimate of drug-likeness (QED) is 0.691. The zero-order valence-corrected chi connectivity index (χ0v) is 16.6. The number of hydrogen-bond donors (Lipinski definition) is 1. The predicted octanol–water partition coefficient (Wildman–Crippen LogP) is 3.78. The zero-order valence-electron chi connectivity index (χ0n) is 15.8. The molecule has 0 saturated carbocycles. The van der Waals surface area contributed by atoms with Crippen LogP contribution in [-0.4, -0.2) is 40.3 Å². The summed E-state index contributed by atoms with van der Waals surface area (Å²) in [7, 11) is 1.44. The largest absolute Gasteiger partial charge is 0.493 e. The van der Waals surface area contributed by atoms with E-state index >= 15 is 0 Å². The van der Waals surface area contributed by atoms with Crippen LogP contribution in [0.2, 0.25) is 0 Å². The van der Waals surface area contributed by atoms with Gasteiger partial charge < -0.3 is 14.6 Å². The van der Waals surface area contributed by atoms with Crippen LogP contribution in [-0.2, 0) is 16.1 Å². The maximum Gasteiger partial charge on any atom is 0.344 e. The number of amides is 2. The lowest BCUT2D eigenvalue weighted by molar-refractivity contribution is -0.144. The molecule has 1 N–H and O–H groups in total. The van der Waals surface area contributed by atoms with Gasteiger partial charge in [0.15, 0.2) is 17.6 Å². The van der Waals surface area contributed by atoms with Crippen molar-refractivity contribution in [3.8, 4) is 11.5 Å². The van der Waals surface area contributed by atoms with Gasteiger partial charge in [0.1, 0.15) is 0 Å². The number of methoxy groups -OCH3 is 1. The van der Waals surface area contributed by atoms with E-state index < -0.39 is 18.0 Å². The number of nitrogens with zero attached hydrogens (tertiary/aromatic N) is 1. The molecule has 8 heteroatoms. The molecule has 0 bridgehead atoms. The number of ether oxygens (including phenoxy) is 2. The first-order valence-electron chi connectivity index (χ1n) is 8.76. The summed E-state index contributed by atoms with van der Waals surface area (Å²) in [6.07, 6.45) is 0.397. The third-order valence-corrected chi connectivity index (χ3v) is 5.12. The topological polar surface area (TPSA) is 93.1 Å². The number of benzene rings is 2. The third kappa shape index (κ3) is 4.60. The van der Waals surface area contributed by atoms with Crippen LogP contribution in [0.25, 0.3) is 6.08 Å². The van der Waals surface area contributed by atoms with Crippen LogP contribution in [0.3, 0.4) is 0 Å². The lowest BCUT2D eigenvalue weighted by Gasteiger charge is -2.16. The lowest BCUT2D eigenvalue weighted by Crippen LogP contribution is -2.27. The molecule has 150 valence electrons. The smallest absolute Gasteiger partial charge is 0.344 e. The van der Waals surface area contributed by atoms with Crippen LogP contribution in [0.4, 0.5) is 4.79 Å². The number of carboxylic acid groups (broad SMARTS) is 1. The minimum absolute atomic E-state index is 0.181. The second-order valence-electron chi connectivity index (χ2n) is 6.23. The van der Waals surface area contributed by atoms with E-state index in [0.29, 0.717) is 11.3 Å². The van der Waals surface area contributed by atoms with Crippen molar-refractivity contribution in [2.24, 2.45) is 0 Å². The fourth-order valence-corrected chi connectivity index (χ4v) is 3.53. The van der Waals surface area contributed by atoms with Gasteiger partial charge in [0.25, 0.3) is 11.1 Å². The Morgan fingerprint density at radius 3 is 2.55 bits per heavy atom. The number of para-hydroxylation sites is 1. The maximum atomic E-state index is 12.8. The molecule has 2 aromatic carbocycles. The normalized spacial score (nSPS) is 16.2. The summed E-state index contributed by atoms with van der Waals surface area (Å²) < 4.78 is 10.8. The van der Waals surface area contributed by atoms with Crippen molar-refractivity contribution < 1.29 is 29.0 Å². The van der Waals surface area contributed by atoms with E-state index in [1.165, 1.54) is 25.0 Å². The number of rotatable bonds is 7. The van der Waals surface area contributed by atoms with E-state index in [1.807, 2.05) is 30.3 Å². The molecule has 1 heterocycles. The van der Waals surface area contributed by atoms with Crippen LogP contribution in [0.1, 0.15) is 18.1 Å². The molecule has 7 nitrogen and oxygen atoms in total. The first kappa shape index (κ1) is 20.5. The highest BCUT2D eigenvalue weighted by atomic mass is 32.2. The van der Waals surface area contributed by atoms with Crippen molar-refractivity contribution in [2.75, 3.05) is 7.11 Å². The second kappa shape index (κ2) is 8.83. The SMILES string of the molecule is COc1cccc(/C=C2\SC(=O)N(Cc3ccccc3)C2=O)c1O[C@@H](C)C(=O)O. The molecule has 29 heavy (non-hydrogen) atoms. The zero-order chi connectivity index (χ0) is 21.0. The van der Waals surface area contributed by atoms with E-state index in [0.717, 1.165) is 17.3 Å². The lowest BCUT2D eigenvalue weighted by atomic mass is 10.1. The molecule has 0 unspecified atom stereocenters. The van der Waals surface area contributed by atoms with Gasteiger partial charge in [0.05, 0.1) is 18.6 Å². The van der Waals surface area contributed by atoms with Crippen molar-refractivity contribution in [3.05, 3.63) is 64.6 Å². The number of aliphatic carboxylic acids is 1. The maximum absolute atomic E-state index is 12.8. The molecule has 0 aromatic heterocycles. The Hall–Kier alpha value is -3.26. The molecule has 1 fully saturated rings. The van der Waals surface area contributed by atoms with Crippen molar-refractivity contribution in [1.82, 2.24) is 4.90 Å². The van der Waals surface area contributed by atoms with Crippen LogP contribution in [0.15, 0.2) is 53.4 Å². The Kier molecular flexibility index (Phi) is 6.23. The molecule has 0 radical (unpaired) electrons. The average molecular weight is 413 g/mol.